The molecule has 148 valence electrons. The highest BCUT2D eigenvalue weighted by Crippen LogP contribution is 2.27. The van der Waals surface area contributed by atoms with Gasteiger partial charge < -0.3 is 9.80 Å². The summed E-state index contributed by atoms with van der Waals surface area (Å²) in [6, 6.07) is 12.1. The molecule has 0 radical (unpaired) electrons. The Labute approximate surface area is 165 Å². The molecule has 2 aliphatic rings. The van der Waals surface area contributed by atoms with E-state index in [1.54, 1.807) is 12.3 Å². The first-order valence-electron chi connectivity index (χ1n) is 10.4. The first kappa shape index (κ1) is 18.7. The summed E-state index contributed by atoms with van der Waals surface area (Å²) in [7, 11) is 0. The van der Waals surface area contributed by atoms with Gasteiger partial charge >= 0.3 is 0 Å². The molecule has 2 saturated heterocycles. The van der Waals surface area contributed by atoms with Crippen LogP contribution in [-0.4, -0.2) is 46.8 Å². The monoisotopic (exact) mass is 380 g/mol. The smallest absolute Gasteiger partial charge is 0.269 e. The molecule has 6 nitrogen and oxygen atoms in total. The fraction of sp³-hybridized carbons (Fsp3) is 0.500. The van der Waals surface area contributed by atoms with Crippen molar-refractivity contribution < 1.29 is 4.79 Å². The molecule has 3 heterocycles. The number of likely N-dealkylation sites (tertiary alicyclic amines) is 1. The van der Waals surface area contributed by atoms with Crippen LogP contribution in [0, 0.1) is 0 Å². The summed E-state index contributed by atoms with van der Waals surface area (Å²) < 4.78 is 1.29. The molecule has 28 heavy (non-hydrogen) atoms. The standard InChI is InChI=1S/C22H28N4O2/c27-21-15-20(24-11-4-5-12-24)16-23-26(21)17-22(28)25-13-6-9-19(10-14-25)18-7-2-1-3-8-18/h1-3,7-8,15-16,19H,4-6,9-14,17H2/t19-/m0/s1. The quantitative estimate of drug-likeness (QED) is 0.818. The number of hydrogen-bond acceptors (Lipinski definition) is 4. The minimum Gasteiger partial charge on any atom is -0.370 e. The largest absolute Gasteiger partial charge is 0.370 e. The van der Waals surface area contributed by atoms with E-state index in [1.807, 2.05) is 11.0 Å². The van der Waals surface area contributed by atoms with Gasteiger partial charge in [0, 0.05) is 32.2 Å². The number of carbonyl (C=O) groups is 1. The minimum atomic E-state index is -0.199. The number of aromatic nitrogens is 2. The highest BCUT2D eigenvalue weighted by molar-refractivity contribution is 5.76. The van der Waals surface area contributed by atoms with E-state index in [4.69, 9.17) is 0 Å². The Morgan fingerprint density at radius 2 is 1.79 bits per heavy atom. The summed E-state index contributed by atoms with van der Waals surface area (Å²) >= 11 is 0. The molecular weight excluding hydrogens is 352 g/mol. The zero-order valence-electron chi connectivity index (χ0n) is 16.3. The van der Waals surface area contributed by atoms with Gasteiger partial charge in [0.1, 0.15) is 6.54 Å². The maximum Gasteiger partial charge on any atom is 0.269 e. The maximum atomic E-state index is 12.8. The predicted molar refractivity (Wildman–Crippen MR) is 110 cm³/mol. The van der Waals surface area contributed by atoms with Gasteiger partial charge in [-0.05, 0) is 43.6 Å². The lowest BCUT2D eigenvalue weighted by Gasteiger charge is -2.21. The maximum absolute atomic E-state index is 12.8. The molecule has 2 aliphatic heterocycles. The van der Waals surface area contributed by atoms with Gasteiger partial charge in [-0.15, -0.1) is 0 Å². The third-order valence-electron chi connectivity index (χ3n) is 5.96. The molecule has 0 saturated carbocycles. The SMILES string of the molecule is O=C(Cn1ncc(N2CCCC2)cc1=O)N1CCC[C@H](c2ccccc2)CC1. The number of carbonyl (C=O) groups excluding carboxylic acids is 1. The third kappa shape index (κ3) is 4.26. The molecule has 4 rings (SSSR count). The van der Waals surface area contributed by atoms with Crippen molar-refractivity contribution in [1.29, 1.82) is 0 Å². The highest BCUT2D eigenvalue weighted by atomic mass is 16.2. The Morgan fingerprint density at radius 3 is 2.54 bits per heavy atom. The van der Waals surface area contributed by atoms with E-state index in [0.29, 0.717) is 5.92 Å². The molecule has 0 unspecified atom stereocenters. The molecule has 0 aliphatic carbocycles. The Hall–Kier alpha value is -2.63. The molecule has 1 amide bonds. The van der Waals surface area contributed by atoms with E-state index in [2.05, 4.69) is 34.3 Å². The summed E-state index contributed by atoms with van der Waals surface area (Å²) in [5.74, 6) is 0.483. The molecule has 6 heteroatoms. The second kappa shape index (κ2) is 8.59. The fourth-order valence-electron chi connectivity index (χ4n) is 4.32. The lowest BCUT2D eigenvalue weighted by molar-refractivity contribution is -0.132. The van der Waals surface area contributed by atoms with Gasteiger partial charge in [-0.1, -0.05) is 30.3 Å². The molecule has 2 fully saturated rings. The average Bonchev–Trinajstić information content (AvgIpc) is 3.14. The summed E-state index contributed by atoms with van der Waals surface area (Å²) in [6.45, 7) is 3.46. The Bertz CT molecular complexity index is 858. The zero-order chi connectivity index (χ0) is 19.3. The zero-order valence-corrected chi connectivity index (χ0v) is 16.3. The van der Waals surface area contributed by atoms with E-state index < -0.39 is 0 Å². The van der Waals surface area contributed by atoms with Gasteiger partial charge in [-0.3, -0.25) is 9.59 Å². The molecule has 1 aromatic heterocycles. The topological polar surface area (TPSA) is 58.4 Å². The van der Waals surface area contributed by atoms with Gasteiger partial charge in [0.05, 0.1) is 11.9 Å². The minimum absolute atomic E-state index is 0.0164. The summed E-state index contributed by atoms with van der Waals surface area (Å²) in [4.78, 5) is 29.3. The van der Waals surface area contributed by atoms with E-state index in [0.717, 1.165) is 64.0 Å². The van der Waals surface area contributed by atoms with Crippen LogP contribution >= 0.6 is 0 Å². The Balaban J connectivity index is 1.37. The Morgan fingerprint density at radius 1 is 1.00 bits per heavy atom. The van der Waals surface area contributed by atoms with Crippen molar-refractivity contribution in [3.63, 3.8) is 0 Å². The van der Waals surface area contributed by atoms with Crippen molar-refractivity contribution in [3.05, 3.63) is 58.5 Å². The second-order valence-electron chi connectivity index (χ2n) is 7.82. The Kier molecular flexibility index (Phi) is 5.74. The van der Waals surface area contributed by atoms with Crippen molar-refractivity contribution in [2.45, 2.75) is 44.6 Å². The van der Waals surface area contributed by atoms with Gasteiger partial charge in [0.25, 0.3) is 5.56 Å². The van der Waals surface area contributed by atoms with Crippen molar-refractivity contribution in [3.8, 4) is 0 Å². The van der Waals surface area contributed by atoms with Crippen molar-refractivity contribution in [2.75, 3.05) is 31.1 Å². The summed E-state index contributed by atoms with van der Waals surface area (Å²) in [5.41, 5.74) is 2.02. The molecule has 0 spiro atoms. The number of anilines is 1. The molecule has 1 atom stereocenters. The highest BCUT2D eigenvalue weighted by Gasteiger charge is 2.22. The normalized spacial score (nSPS) is 20.2. The van der Waals surface area contributed by atoms with Crippen LogP contribution < -0.4 is 10.5 Å². The summed E-state index contributed by atoms with van der Waals surface area (Å²) in [5, 5.41) is 4.26. The first-order valence-corrected chi connectivity index (χ1v) is 10.4. The van der Waals surface area contributed by atoms with Crippen LogP contribution in [0.1, 0.15) is 43.6 Å². The van der Waals surface area contributed by atoms with Crippen molar-refractivity contribution in [1.82, 2.24) is 14.7 Å². The van der Waals surface area contributed by atoms with Crippen LogP contribution in [0.5, 0.6) is 0 Å². The number of benzene rings is 1. The van der Waals surface area contributed by atoms with Gasteiger partial charge in [-0.25, -0.2) is 4.68 Å². The van der Waals surface area contributed by atoms with Crippen LogP contribution in [0.2, 0.25) is 0 Å². The van der Waals surface area contributed by atoms with E-state index in [1.165, 1.54) is 10.2 Å². The molecule has 1 aromatic carbocycles. The van der Waals surface area contributed by atoms with Crippen LogP contribution in [-0.2, 0) is 11.3 Å². The van der Waals surface area contributed by atoms with Crippen molar-refractivity contribution >= 4 is 11.6 Å². The third-order valence-corrected chi connectivity index (χ3v) is 5.96. The number of rotatable bonds is 4. The first-order chi connectivity index (χ1) is 13.7. The van der Waals surface area contributed by atoms with Gasteiger partial charge in [0.15, 0.2) is 0 Å². The van der Waals surface area contributed by atoms with Gasteiger partial charge in [-0.2, -0.15) is 5.10 Å². The van der Waals surface area contributed by atoms with Crippen LogP contribution in [0.4, 0.5) is 5.69 Å². The lowest BCUT2D eigenvalue weighted by atomic mass is 9.92. The summed E-state index contributed by atoms with van der Waals surface area (Å²) in [6.07, 6.45) is 7.07. The van der Waals surface area contributed by atoms with E-state index in [-0.39, 0.29) is 18.0 Å². The van der Waals surface area contributed by atoms with Crippen LogP contribution in [0.3, 0.4) is 0 Å². The van der Waals surface area contributed by atoms with Gasteiger partial charge in [0.2, 0.25) is 5.91 Å². The molecule has 2 aromatic rings. The average molecular weight is 380 g/mol. The number of amides is 1. The molecule has 0 bridgehead atoms. The number of hydrogen-bond donors (Lipinski definition) is 0. The predicted octanol–water partition coefficient (Wildman–Crippen LogP) is 2.64. The van der Waals surface area contributed by atoms with E-state index >= 15 is 0 Å². The van der Waals surface area contributed by atoms with Crippen LogP contribution in [0.25, 0.3) is 0 Å². The molecule has 0 N–H and O–H groups in total. The van der Waals surface area contributed by atoms with Crippen LogP contribution in [0.15, 0.2) is 47.4 Å². The van der Waals surface area contributed by atoms with E-state index in [9.17, 15) is 9.59 Å². The van der Waals surface area contributed by atoms with Crippen molar-refractivity contribution in [2.24, 2.45) is 0 Å². The fourth-order valence-corrected chi connectivity index (χ4v) is 4.32. The second-order valence-corrected chi connectivity index (χ2v) is 7.82. The lowest BCUT2D eigenvalue weighted by Crippen LogP contribution is -2.38. The number of nitrogens with zero attached hydrogens (tertiary/aromatic N) is 4. The molecular formula is C22H28N4O2.